The average molecular weight is 513 g/mol. The number of rotatable bonds is 9. The fourth-order valence-corrected chi connectivity index (χ4v) is 4.97. The molecule has 5 nitrogen and oxygen atoms in total. The first kappa shape index (κ1) is 25.4. The van der Waals surface area contributed by atoms with Crippen molar-refractivity contribution in [2.45, 2.75) is 32.2 Å². The highest BCUT2D eigenvalue weighted by Crippen LogP contribution is 2.33. The Bertz CT molecular complexity index is 1160. The van der Waals surface area contributed by atoms with E-state index < -0.39 is 0 Å². The first-order valence-electron chi connectivity index (χ1n) is 11.8. The van der Waals surface area contributed by atoms with Crippen LogP contribution in [-0.2, 0) is 19.4 Å². The zero-order chi connectivity index (χ0) is 24.8. The lowest BCUT2D eigenvalue weighted by atomic mass is 9.98. The van der Waals surface area contributed by atoms with Gasteiger partial charge >= 0.3 is 0 Å². The van der Waals surface area contributed by atoms with E-state index in [1.807, 2.05) is 12.1 Å². The molecule has 0 radical (unpaired) electrons. The summed E-state index contributed by atoms with van der Waals surface area (Å²) in [4.78, 5) is 15.0. The lowest BCUT2D eigenvalue weighted by Gasteiger charge is -2.29. The van der Waals surface area contributed by atoms with E-state index in [0.717, 1.165) is 62.5 Å². The highest BCUT2D eigenvalue weighted by Gasteiger charge is 2.19. The molecule has 0 unspecified atom stereocenters. The number of benzene rings is 3. The minimum Gasteiger partial charge on any atom is -0.493 e. The Labute approximate surface area is 216 Å². The summed E-state index contributed by atoms with van der Waals surface area (Å²) in [7, 11) is 3.36. The van der Waals surface area contributed by atoms with Crippen molar-refractivity contribution in [1.82, 2.24) is 4.90 Å². The van der Waals surface area contributed by atoms with Crippen molar-refractivity contribution in [3.63, 3.8) is 0 Å². The molecular formula is C28H30Cl2N2O3. The monoisotopic (exact) mass is 512 g/mol. The molecule has 3 aromatic rings. The molecule has 1 N–H and O–H groups in total. The Hall–Kier alpha value is -2.73. The Morgan fingerprint density at radius 2 is 1.57 bits per heavy atom. The van der Waals surface area contributed by atoms with E-state index in [4.69, 9.17) is 32.7 Å². The minimum absolute atomic E-state index is 0.235. The third-order valence-corrected chi connectivity index (χ3v) is 6.76. The van der Waals surface area contributed by atoms with Crippen molar-refractivity contribution in [2.75, 3.05) is 32.6 Å². The minimum atomic E-state index is -0.235. The van der Waals surface area contributed by atoms with Gasteiger partial charge in [-0.05, 0) is 91.4 Å². The number of methoxy groups -OCH3 is 2. The van der Waals surface area contributed by atoms with Crippen molar-refractivity contribution >= 4 is 34.8 Å². The van der Waals surface area contributed by atoms with E-state index in [-0.39, 0.29) is 5.91 Å². The van der Waals surface area contributed by atoms with Gasteiger partial charge in [0.25, 0.3) is 5.91 Å². The van der Waals surface area contributed by atoms with Gasteiger partial charge in [-0.3, -0.25) is 9.69 Å². The topological polar surface area (TPSA) is 50.8 Å². The summed E-state index contributed by atoms with van der Waals surface area (Å²) in [6.07, 6.45) is 4.29. The van der Waals surface area contributed by atoms with Crippen LogP contribution in [0.4, 0.5) is 5.69 Å². The number of aryl methyl sites for hydroxylation is 1. The second-order valence-electron chi connectivity index (χ2n) is 8.77. The van der Waals surface area contributed by atoms with Crippen LogP contribution in [-0.4, -0.2) is 38.1 Å². The molecule has 0 bridgehead atoms. The van der Waals surface area contributed by atoms with Crippen molar-refractivity contribution in [1.29, 1.82) is 0 Å². The summed E-state index contributed by atoms with van der Waals surface area (Å²) in [5, 5.41) is 3.77. The predicted molar refractivity (Wildman–Crippen MR) is 142 cm³/mol. The fraction of sp³-hybridized carbons (Fsp3) is 0.321. The van der Waals surface area contributed by atoms with E-state index in [2.05, 4.69) is 34.5 Å². The summed E-state index contributed by atoms with van der Waals surface area (Å²) in [5.41, 5.74) is 5.11. The Morgan fingerprint density at radius 1 is 0.914 bits per heavy atom. The number of hydrogen-bond acceptors (Lipinski definition) is 4. The van der Waals surface area contributed by atoms with Crippen LogP contribution in [0.15, 0.2) is 54.6 Å². The summed E-state index contributed by atoms with van der Waals surface area (Å²) >= 11 is 12.0. The highest BCUT2D eigenvalue weighted by atomic mass is 35.5. The van der Waals surface area contributed by atoms with Gasteiger partial charge < -0.3 is 14.8 Å². The van der Waals surface area contributed by atoms with Gasteiger partial charge in [-0.1, -0.05) is 35.3 Å². The van der Waals surface area contributed by atoms with Crippen LogP contribution in [0.5, 0.6) is 11.5 Å². The molecule has 4 rings (SSSR count). The quantitative estimate of drug-likeness (QED) is 0.326. The maximum Gasteiger partial charge on any atom is 0.255 e. The summed E-state index contributed by atoms with van der Waals surface area (Å²) in [5.74, 6) is 1.37. The number of ether oxygens (including phenoxy) is 2. The van der Waals surface area contributed by atoms with E-state index in [9.17, 15) is 4.79 Å². The number of nitrogens with zero attached hydrogens (tertiary/aromatic N) is 1. The van der Waals surface area contributed by atoms with Gasteiger partial charge in [0.2, 0.25) is 0 Å². The van der Waals surface area contributed by atoms with E-state index in [0.29, 0.717) is 15.6 Å². The normalized spacial score (nSPS) is 13.3. The number of unbranched alkanes of at least 4 members (excludes halogenated alkanes) is 1. The summed E-state index contributed by atoms with van der Waals surface area (Å²) in [6, 6.07) is 17.0. The van der Waals surface area contributed by atoms with Crippen LogP contribution in [0.2, 0.25) is 10.0 Å². The Balaban J connectivity index is 1.23. The van der Waals surface area contributed by atoms with Gasteiger partial charge in [0.15, 0.2) is 11.5 Å². The van der Waals surface area contributed by atoms with E-state index >= 15 is 0 Å². The molecule has 0 fully saturated rings. The van der Waals surface area contributed by atoms with Crippen LogP contribution < -0.4 is 14.8 Å². The molecule has 1 heterocycles. The van der Waals surface area contributed by atoms with Gasteiger partial charge in [-0.2, -0.15) is 0 Å². The largest absolute Gasteiger partial charge is 0.493 e. The fourth-order valence-electron chi connectivity index (χ4n) is 4.44. The number of nitrogens with one attached hydrogen (secondary N) is 1. The molecule has 7 heteroatoms. The maximum atomic E-state index is 12.5. The third kappa shape index (κ3) is 6.69. The van der Waals surface area contributed by atoms with E-state index in [1.54, 1.807) is 32.4 Å². The summed E-state index contributed by atoms with van der Waals surface area (Å²) < 4.78 is 10.9. The zero-order valence-corrected chi connectivity index (χ0v) is 21.6. The number of fused-ring (bicyclic) bond motifs is 1. The van der Waals surface area contributed by atoms with Crippen LogP contribution in [0.25, 0.3) is 0 Å². The van der Waals surface area contributed by atoms with Crippen molar-refractivity contribution in [2.24, 2.45) is 0 Å². The molecule has 0 saturated heterocycles. The molecule has 0 aromatic heterocycles. The highest BCUT2D eigenvalue weighted by molar-refractivity contribution is 6.35. The number of halogens is 2. The molecule has 0 atom stereocenters. The predicted octanol–water partition coefficient (Wildman–Crippen LogP) is 6.64. The van der Waals surface area contributed by atoms with Crippen LogP contribution in [0.3, 0.4) is 0 Å². The number of hydrogen-bond donors (Lipinski definition) is 1. The number of anilines is 1. The number of carbonyl (C=O) groups is 1. The smallest absolute Gasteiger partial charge is 0.255 e. The average Bonchev–Trinajstić information content (AvgIpc) is 2.86. The van der Waals surface area contributed by atoms with Crippen LogP contribution in [0, 0.1) is 0 Å². The lowest BCUT2D eigenvalue weighted by Crippen LogP contribution is -2.31. The number of amides is 1. The van der Waals surface area contributed by atoms with Gasteiger partial charge in [-0.25, -0.2) is 0 Å². The van der Waals surface area contributed by atoms with Gasteiger partial charge in [0, 0.05) is 34.4 Å². The molecule has 0 spiro atoms. The van der Waals surface area contributed by atoms with Gasteiger partial charge in [0.1, 0.15) is 0 Å². The molecule has 3 aromatic carbocycles. The standard InChI is InChI=1S/C28H30Cl2N2O3/c1-34-26-15-20-10-12-32(18-22(20)16-27(26)35-2)11-4-3-5-19-6-8-25(9-7-19)31-28(33)21-13-23(29)17-24(30)14-21/h6-9,13-17H,3-5,10-12,18H2,1-2H3,(H,31,33). The first-order chi connectivity index (χ1) is 16.9. The molecule has 1 aliphatic rings. The molecular weight excluding hydrogens is 483 g/mol. The SMILES string of the molecule is COc1cc2c(cc1OC)CN(CCCCc1ccc(NC(=O)c3cc(Cl)cc(Cl)c3)cc1)CC2. The Morgan fingerprint density at radius 3 is 2.23 bits per heavy atom. The van der Waals surface area contributed by atoms with Crippen molar-refractivity contribution < 1.29 is 14.3 Å². The molecule has 35 heavy (non-hydrogen) atoms. The molecule has 184 valence electrons. The second-order valence-corrected chi connectivity index (χ2v) is 9.64. The maximum absolute atomic E-state index is 12.5. The molecule has 0 aliphatic carbocycles. The first-order valence-corrected chi connectivity index (χ1v) is 12.5. The van der Waals surface area contributed by atoms with E-state index in [1.165, 1.54) is 16.7 Å². The Kier molecular flexibility index (Phi) is 8.55. The van der Waals surface area contributed by atoms with Crippen molar-refractivity contribution in [3.05, 3.63) is 86.9 Å². The van der Waals surface area contributed by atoms with Crippen LogP contribution in [0.1, 0.15) is 39.9 Å². The molecule has 1 amide bonds. The summed E-state index contributed by atoms with van der Waals surface area (Å²) in [6.45, 7) is 3.08. The van der Waals surface area contributed by atoms with Crippen molar-refractivity contribution in [3.8, 4) is 11.5 Å². The zero-order valence-electron chi connectivity index (χ0n) is 20.1. The lowest BCUT2D eigenvalue weighted by molar-refractivity contribution is 0.102. The number of carbonyl (C=O) groups excluding carboxylic acids is 1. The van der Waals surface area contributed by atoms with Gasteiger partial charge in [0.05, 0.1) is 14.2 Å². The third-order valence-electron chi connectivity index (χ3n) is 6.32. The molecule has 1 aliphatic heterocycles. The molecule has 0 saturated carbocycles. The second kappa shape index (κ2) is 11.8. The van der Waals surface area contributed by atoms with Crippen LogP contribution >= 0.6 is 23.2 Å². The van der Waals surface area contributed by atoms with Gasteiger partial charge in [-0.15, -0.1) is 0 Å².